The average molecular weight is 1030 g/mol. The molecule has 4 N–H and O–H groups in total. The molecule has 13 rings (SSSR count). The van der Waals surface area contributed by atoms with Gasteiger partial charge in [-0.1, -0.05) is 36.4 Å². The monoisotopic (exact) mass is 1030 g/mol. The van der Waals surface area contributed by atoms with Gasteiger partial charge in [0.05, 0.1) is 52.1 Å². The number of nitro groups is 1. The second-order valence-corrected chi connectivity index (χ2v) is 24.0. The molecular weight excluding hydrogens is 963 g/mol. The van der Waals surface area contributed by atoms with Gasteiger partial charge in [-0.15, -0.1) is 0 Å². The number of carbonyl (C=O) groups excluding carboxylic acids is 1. The number of primary amides is 1. The predicted octanol–water partition coefficient (Wildman–Crippen LogP) is 7.60. The molecule has 1 amide bonds. The lowest BCUT2D eigenvalue weighted by Crippen LogP contribution is -2.55. The van der Waals surface area contributed by atoms with Gasteiger partial charge in [0.1, 0.15) is 28.9 Å². The molecule has 3 aromatic carbocycles. The van der Waals surface area contributed by atoms with Crippen molar-refractivity contribution in [3.05, 3.63) is 100 Å². The van der Waals surface area contributed by atoms with Gasteiger partial charge in [-0.2, -0.15) is 4.98 Å². The number of likely N-dealkylation sites (tertiary alicyclic amines) is 2. The van der Waals surface area contributed by atoms with Crippen molar-refractivity contribution in [2.45, 2.75) is 104 Å². The number of nitro benzene ring substituents is 1. The van der Waals surface area contributed by atoms with Gasteiger partial charge >= 0.3 is 0 Å². The second-order valence-electron chi connectivity index (χ2n) is 22.1. The highest BCUT2D eigenvalue weighted by atomic mass is 32.2. The van der Waals surface area contributed by atoms with E-state index in [4.69, 9.17) is 29.7 Å². The molecular formula is C55H63N9O9S. The Hall–Kier alpha value is -6.25. The molecule has 388 valence electrons. The molecule has 7 aliphatic heterocycles. The molecule has 19 heteroatoms. The lowest BCUT2D eigenvalue weighted by Gasteiger charge is -2.56. The number of morpholine rings is 1. The summed E-state index contributed by atoms with van der Waals surface area (Å²) in [6.45, 7) is 11.8. The van der Waals surface area contributed by atoms with Crippen LogP contribution in [0.3, 0.4) is 0 Å². The standard InChI is InChI=1S/C55H63N9O9S/c1-32(2)40-6-3-4-7-41(40)43-8-5-16-62(43)37-24-55(25-37)13-17-60(18-14-55)44-10-9-42(52(56)65)50(63-26-34-12-19-70-31-48(34)73-54-46(63)20-33-11-15-57-53(33)59-54)51(44)74(68,69)39-22-45(64(66)67)49-47(23-39)72-29-35(58-49)27-61-28-38-21-36(61)30-71-38/h3-4,6-7,9-11,15,20,22-23,34-38,43,48,58H,1,5,8,12-14,16-19,21,24-31H2,2H3,(H2,56,65)(H,57,59)/t34-,35+,36-,38-,43-,48-/m0/s1. The summed E-state index contributed by atoms with van der Waals surface area (Å²) in [7, 11) is -4.77. The van der Waals surface area contributed by atoms with Crippen molar-refractivity contribution in [3.8, 4) is 11.6 Å². The highest BCUT2D eigenvalue weighted by molar-refractivity contribution is 7.91. The molecule has 5 aromatic rings. The van der Waals surface area contributed by atoms with Crippen molar-refractivity contribution in [2.24, 2.45) is 17.1 Å². The van der Waals surface area contributed by atoms with Crippen molar-refractivity contribution in [2.75, 3.05) is 80.8 Å². The number of amides is 1. The first-order valence-electron chi connectivity index (χ1n) is 26.4. The van der Waals surface area contributed by atoms with Crippen LogP contribution in [0.15, 0.2) is 83.2 Å². The number of fused-ring (bicyclic) bond motifs is 6. The van der Waals surface area contributed by atoms with Gasteiger partial charge in [0.2, 0.25) is 15.7 Å². The largest absolute Gasteiger partial charge is 0.489 e. The van der Waals surface area contributed by atoms with Crippen molar-refractivity contribution in [3.63, 3.8) is 0 Å². The number of nitrogens with one attached hydrogen (secondary N) is 2. The first-order chi connectivity index (χ1) is 35.8. The topological polar surface area (TPSA) is 211 Å². The number of ether oxygens (including phenoxy) is 4. The van der Waals surface area contributed by atoms with E-state index in [0.29, 0.717) is 75.0 Å². The number of pyridine rings is 1. The molecule has 1 spiro atoms. The number of aromatic nitrogens is 2. The number of carbonyl (C=O) groups is 1. The maximum Gasteiger partial charge on any atom is 0.297 e. The number of aromatic amines is 1. The molecule has 2 bridgehead atoms. The summed E-state index contributed by atoms with van der Waals surface area (Å²) < 4.78 is 57.1. The summed E-state index contributed by atoms with van der Waals surface area (Å²) in [5, 5.41) is 17.2. The lowest BCUT2D eigenvalue weighted by molar-refractivity contribution is -0.384. The van der Waals surface area contributed by atoms with Crippen LogP contribution in [-0.2, 0) is 19.3 Å². The smallest absolute Gasteiger partial charge is 0.297 e. The minimum absolute atomic E-state index is 0.0177. The maximum absolute atomic E-state index is 16.2. The predicted molar refractivity (Wildman–Crippen MR) is 279 cm³/mol. The highest BCUT2D eigenvalue weighted by Crippen LogP contribution is 2.56. The van der Waals surface area contributed by atoms with Crippen LogP contribution in [0, 0.1) is 21.4 Å². The van der Waals surface area contributed by atoms with Crippen LogP contribution < -0.4 is 30.3 Å². The number of allylic oxidation sites excluding steroid dienone is 1. The zero-order chi connectivity index (χ0) is 50.6. The fourth-order valence-corrected chi connectivity index (χ4v) is 15.6. The number of H-pyrrole nitrogens is 1. The van der Waals surface area contributed by atoms with Crippen LogP contribution in [0.2, 0.25) is 0 Å². The van der Waals surface area contributed by atoms with Gasteiger partial charge < -0.3 is 44.8 Å². The van der Waals surface area contributed by atoms with Gasteiger partial charge in [0.25, 0.3) is 11.6 Å². The van der Waals surface area contributed by atoms with E-state index in [-0.39, 0.29) is 81.0 Å². The first-order valence-corrected chi connectivity index (χ1v) is 27.8. The van der Waals surface area contributed by atoms with E-state index in [0.717, 1.165) is 75.1 Å². The third-order valence-corrected chi connectivity index (χ3v) is 19.5. The highest BCUT2D eigenvalue weighted by Gasteiger charge is 2.51. The average Bonchev–Trinajstić information content (AvgIpc) is 4.23. The van der Waals surface area contributed by atoms with E-state index in [1.54, 1.807) is 18.3 Å². The quantitative estimate of drug-likeness (QED) is 0.0859. The van der Waals surface area contributed by atoms with E-state index in [2.05, 4.69) is 62.8 Å². The Balaban J connectivity index is 0.888. The number of piperidine rings is 1. The van der Waals surface area contributed by atoms with Crippen molar-refractivity contribution in [1.82, 2.24) is 19.8 Å². The Kier molecular flexibility index (Phi) is 11.7. The zero-order valence-corrected chi connectivity index (χ0v) is 42.5. The molecule has 2 aromatic heterocycles. The van der Waals surface area contributed by atoms with Crippen LogP contribution >= 0.6 is 0 Å². The third kappa shape index (κ3) is 8.08. The molecule has 6 fully saturated rings. The van der Waals surface area contributed by atoms with Crippen molar-refractivity contribution < 1.29 is 37.1 Å². The Morgan fingerprint density at radius 3 is 2.59 bits per heavy atom. The van der Waals surface area contributed by atoms with E-state index < -0.39 is 32.5 Å². The molecule has 0 unspecified atom stereocenters. The summed E-state index contributed by atoms with van der Waals surface area (Å²) in [5.41, 5.74) is 11.3. The Morgan fingerprint density at radius 1 is 0.986 bits per heavy atom. The maximum atomic E-state index is 16.2. The molecule has 74 heavy (non-hydrogen) atoms. The Bertz CT molecular complexity index is 3200. The summed E-state index contributed by atoms with van der Waals surface area (Å²) >= 11 is 0. The van der Waals surface area contributed by atoms with Crippen molar-refractivity contribution >= 4 is 60.8 Å². The minimum atomic E-state index is -4.77. The summed E-state index contributed by atoms with van der Waals surface area (Å²) in [6, 6.07) is 19.1. The molecule has 9 heterocycles. The Morgan fingerprint density at radius 2 is 1.82 bits per heavy atom. The van der Waals surface area contributed by atoms with Crippen LogP contribution in [-0.4, -0.2) is 135 Å². The van der Waals surface area contributed by atoms with Gasteiger partial charge in [-0.3, -0.25) is 24.7 Å². The fraction of sp³-hybridized carbons (Fsp3) is 0.491. The van der Waals surface area contributed by atoms with E-state index in [1.807, 2.05) is 17.0 Å². The van der Waals surface area contributed by atoms with Crippen LogP contribution in [0.1, 0.15) is 85.8 Å². The van der Waals surface area contributed by atoms with Crippen molar-refractivity contribution in [1.29, 1.82) is 0 Å². The number of nitrogens with two attached hydrogens (primary N) is 1. The molecule has 5 saturated heterocycles. The molecule has 1 saturated carbocycles. The third-order valence-electron chi connectivity index (χ3n) is 17.7. The van der Waals surface area contributed by atoms with E-state index in [9.17, 15) is 14.9 Å². The van der Waals surface area contributed by atoms with Gasteiger partial charge in [0.15, 0.2) is 11.4 Å². The SMILES string of the molecule is C=C(C)c1ccccc1[C@@H]1CCCN1C1CC2(CCN(c3ccc(C(N)=O)c(N4C[C@@H]5CCOC[C@@H]5Oc5nc6[nH]ccc6cc54)c3S(=O)(=O)c3cc4c(c([N+](=O)[O-])c3)N[C@H](CN3C[C@@H]5C[C@H]3CO5)CO4)CC2)C1. The van der Waals surface area contributed by atoms with Crippen LogP contribution in [0.5, 0.6) is 11.6 Å². The van der Waals surface area contributed by atoms with Crippen LogP contribution in [0.25, 0.3) is 16.6 Å². The number of nitrogens with zero attached hydrogens (tertiary/aromatic N) is 6. The number of hydrogen-bond donors (Lipinski definition) is 3. The summed E-state index contributed by atoms with van der Waals surface area (Å²) in [5.74, 6) is -0.680. The first kappa shape index (κ1) is 47.5. The minimum Gasteiger partial charge on any atom is -0.489 e. The van der Waals surface area contributed by atoms with Gasteiger partial charge in [-0.05, 0) is 106 Å². The number of hydrogen-bond acceptors (Lipinski definition) is 15. The lowest BCUT2D eigenvalue weighted by atomic mass is 9.59. The number of anilines is 4. The molecule has 18 nitrogen and oxygen atoms in total. The zero-order valence-electron chi connectivity index (χ0n) is 41.7. The summed E-state index contributed by atoms with van der Waals surface area (Å²) in [6.07, 6.45) is 9.15. The number of sulfone groups is 1. The molecule has 1 aliphatic carbocycles. The molecule has 8 aliphatic rings. The number of benzene rings is 3. The van der Waals surface area contributed by atoms with E-state index in [1.165, 1.54) is 17.2 Å². The molecule has 0 radical (unpaired) electrons. The normalized spacial score (nSPS) is 26.6. The fourth-order valence-electron chi connectivity index (χ4n) is 13.9. The van der Waals surface area contributed by atoms with Crippen LogP contribution in [0.4, 0.5) is 28.4 Å². The number of rotatable bonds is 11. The Labute approximate surface area is 430 Å². The second kappa shape index (κ2) is 18.2. The van der Waals surface area contributed by atoms with Gasteiger partial charge in [-0.25, -0.2) is 8.42 Å². The van der Waals surface area contributed by atoms with Gasteiger partial charge in [0, 0.05) is 87.1 Å². The van der Waals surface area contributed by atoms with E-state index >= 15 is 8.42 Å². The molecule has 6 atom stereocenters. The summed E-state index contributed by atoms with van der Waals surface area (Å²) in [4.78, 5) is 43.1.